The molecule has 5 N–H and O–H groups in total. The van der Waals surface area contributed by atoms with Crippen molar-refractivity contribution in [3.05, 3.63) is 0 Å². The highest BCUT2D eigenvalue weighted by Crippen LogP contribution is 1.97. The predicted molar refractivity (Wildman–Crippen MR) is 56.4 cm³/mol. The number of rotatable bonds is 10. The van der Waals surface area contributed by atoms with Gasteiger partial charge in [-0.2, -0.15) is 0 Å². The standard InChI is InChI=1S/C8H15BO9/c10-5(7(12)13)1-3-17-9(16)18-4-2-6(11)8(14)15/h5-6,10-11,16H,1-4H2,(H,12,13)(H,14,15). The summed E-state index contributed by atoms with van der Waals surface area (Å²) in [6.07, 6.45) is -3.64. The Kier molecular flexibility index (Phi) is 8.25. The second-order valence-corrected chi connectivity index (χ2v) is 3.33. The largest absolute Gasteiger partial charge is 0.636 e. The van der Waals surface area contributed by atoms with Gasteiger partial charge >= 0.3 is 19.3 Å². The first kappa shape index (κ1) is 16.8. The van der Waals surface area contributed by atoms with Gasteiger partial charge in [0, 0.05) is 26.1 Å². The number of aliphatic hydroxyl groups is 2. The molecule has 18 heavy (non-hydrogen) atoms. The van der Waals surface area contributed by atoms with Crippen molar-refractivity contribution >= 4 is 19.3 Å². The van der Waals surface area contributed by atoms with E-state index in [1.54, 1.807) is 0 Å². The van der Waals surface area contributed by atoms with Crippen LogP contribution < -0.4 is 0 Å². The molecule has 0 aromatic rings. The summed E-state index contributed by atoms with van der Waals surface area (Å²) in [6, 6.07) is 0. The molecule has 0 fully saturated rings. The van der Waals surface area contributed by atoms with Crippen LogP contribution in [-0.4, -0.2) is 70.1 Å². The summed E-state index contributed by atoms with van der Waals surface area (Å²) in [4.78, 5) is 20.4. The van der Waals surface area contributed by atoms with Gasteiger partial charge in [-0.05, 0) is 0 Å². The molecule has 2 unspecified atom stereocenters. The lowest BCUT2D eigenvalue weighted by Gasteiger charge is -2.10. The van der Waals surface area contributed by atoms with Crippen LogP contribution in [0, 0.1) is 0 Å². The average Bonchev–Trinajstić information content (AvgIpc) is 2.28. The molecular weight excluding hydrogens is 251 g/mol. The molecule has 9 nitrogen and oxygen atoms in total. The van der Waals surface area contributed by atoms with E-state index in [1.165, 1.54) is 0 Å². The summed E-state index contributed by atoms with van der Waals surface area (Å²) < 4.78 is 9.17. The topological polar surface area (TPSA) is 154 Å². The number of hydrogen-bond donors (Lipinski definition) is 5. The Morgan fingerprint density at radius 2 is 1.28 bits per heavy atom. The summed E-state index contributed by atoms with van der Waals surface area (Å²) >= 11 is 0. The quantitative estimate of drug-likeness (QED) is 0.274. The molecule has 0 radical (unpaired) electrons. The third kappa shape index (κ3) is 7.98. The van der Waals surface area contributed by atoms with Gasteiger partial charge in [0.2, 0.25) is 0 Å². The maximum atomic E-state index is 10.2. The molecule has 2 atom stereocenters. The zero-order valence-electron chi connectivity index (χ0n) is 9.43. The fraction of sp³-hybridized carbons (Fsp3) is 0.750. The van der Waals surface area contributed by atoms with Crippen LogP contribution in [0.4, 0.5) is 0 Å². The second kappa shape index (κ2) is 8.83. The summed E-state index contributed by atoms with van der Waals surface area (Å²) in [5.41, 5.74) is 0. The lowest BCUT2D eigenvalue weighted by atomic mass is 10.2. The van der Waals surface area contributed by atoms with Crippen LogP contribution in [0.25, 0.3) is 0 Å². The van der Waals surface area contributed by atoms with E-state index in [-0.39, 0.29) is 26.1 Å². The molecule has 0 bridgehead atoms. The van der Waals surface area contributed by atoms with Crippen LogP contribution in [0.3, 0.4) is 0 Å². The van der Waals surface area contributed by atoms with Gasteiger partial charge in [0.15, 0.2) is 12.2 Å². The number of carboxylic acids is 2. The van der Waals surface area contributed by atoms with E-state index in [0.717, 1.165) is 0 Å². The van der Waals surface area contributed by atoms with E-state index in [0.29, 0.717) is 0 Å². The minimum absolute atomic E-state index is 0.229. The molecule has 0 aromatic carbocycles. The van der Waals surface area contributed by atoms with E-state index >= 15 is 0 Å². The van der Waals surface area contributed by atoms with Crippen molar-refractivity contribution in [2.45, 2.75) is 25.0 Å². The van der Waals surface area contributed by atoms with E-state index in [1.807, 2.05) is 0 Å². The normalized spacial score (nSPS) is 13.9. The van der Waals surface area contributed by atoms with Crippen molar-refractivity contribution in [2.75, 3.05) is 13.2 Å². The maximum Gasteiger partial charge on any atom is 0.636 e. The Morgan fingerprint density at radius 3 is 1.56 bits per heavy atom. The molecule has 0 saturated heterocycles. The SMILES string of the molecule is O=C(O)C(O)CCOB(O)OCCC(O)C(=O)O. The second-order valence-electron chi connectivity index (χ2n) is 3.33. The van der Waals surface area contributed by atoms with Crippen LogP contribution >= 0.6 is 0 Å². The van der Waals surface area contributed by atoms with Gasteiger partial charge in [-0.15, -0.1) is 0 Å². The molecule has 0 spiro atoms. The minimum Gasteiger partial charge on any atom is -0.479 e. The molecule has 104 valence electrons. The van der Waals surface area contributed by atoms with Gasteiger partial charge in [-0.1, -0.05) is 0 Å². The van der Waals surface area contributed by atoms with Crippen LogP contribution in [0.1, 0.15) is 12.8 Å². The molecule has 0 aliphatic carbocycles. The fourth-order valence-electron chi connectivity index (χ4n) is 0.856. The average molecular weight is 266 g/mol. The Bertz CT molecular complexity index is 245. The fourth-order valence-corrected chi connectivity index (χ4v) is 0.856. The van der Waals surface area contributed by atoms with Gasteiger partial charge in [0.25, 0.3) is 0 Å². The van der Waals surface area contributed by atoms with Crippen LogP contribution in [-0.2, 0) is 18.9 Å². The molecule has 0 aliphatic rings. The van der Waals surface area contributed by atoms with Crippen LogP contribution in [0.5, 0.6) is 0 Å². The highest BCUT2D eigenvalue weighted by Gasteiger charge is 2.20. The molecule has 0 heterocycles. The molecule has 0 aromatic heterocycles. The first-order valence-electron chi connectivity index (χ1n) is 5.07. The Morgan fingerprint density at radius 1 is 0.944 bits per heavy atom. The van der Waals surface area contributed by atoms with E-state index < -0.39 is 31.5 Å². The van der Waals surface area contributed by atoms with Gasteiger partial charge in [-0.3, -0.25) is 0 Å². The Labute approximate surface area is 103 Å². The Hall–Kier alpha value is -1.20. The van der Waals surface area contributed by atoms with Gasteiger partial charge < -0.3 is 34.8 Å². The smallest absolute Gasteiger partial charge is 0.479 e. The van der Waals surface area contributed by atoms with Crippen LogP contribution in [0.15, 0.2) is 0 Å². The lowest BCUT2D eigenvalue weighted by molar-refractivity contribution is -0.147. The zero-order chi connectivity index (χ0) is 14.1. The Balaban J connectivity index is 3.57. The summed E-state index contributed by atoms with van der Waals surface area (Å²) in [7, 11) is -1.67. The first-order chi connectivity index (χ1) is 8.34. The number of carbonyl (C=O) groups is 2. The monoisotopic (exact) mass is 266 g/mol. The number of hydrogen-bond acceptors (Lipinski definition) is 7. The summed E-state index contributed by atoms with van der Waals surface area (Å²) in [5.74, 6) is -2.81. The van der Waals surface area contributed by atoms with Gasteiger partial charge in [0.1, 0.15) is 0 Å². The van der Waals surface area contributed by atoms with Crippen molar-refractivity contribution < 1.29 is 44.3 Å². The maximum absolute atomic E-state index is 10.2. The molecule has 10 heteroatoms. The number of aliphatic hydroxyl groups excluding tert-OH is 2. The van der Waals surface area contributed by atoms with Crippen molar-refractivity contribution in [3.63, 3.8) is 0 Å². The first-order valence-corrected chi connectivity index (χ1v) is 5.07. The summed E-state index contributed by atoms with van der Waals surface area (Å²) in [6.45, 7) is -0.508. The molecule has 0 rings (SSSR count). The van der Waals surface area contributed by atoms with Crippen molar-refractivity contribution in [2.24, 2.45) is 0 Å². The molecule has 0 saturated carbocycles. The predicted octanol–water partition coefficient (Wildman–Crippen LogP) is -2.33. The zero-order valence-corrected chi connectivity index (χ0v) is 9.43. The number of carboxylic acid groups (broad SMARTS) is 2. The molecule has 0 amide bonds. The van der Waals surface area contributed by atoms with E-state index in [4.69, 9.17) is 25.5 Å². The molecular formula is C8H15BO9. The van der Waals surface area contributed by atoms with E-state index in [2.05, 4.69) is 9.31 Å². The highest BCUT2D eigenvalue weighted by molar-refractivity contribution is 6.34. The lowest BCUT2D eigenvalue weighted by Crippen LogP contribution is -2.29. The summed E-state index contributed by atoms with van der Waals surface area (Å²) in [5, 5.41) is 43.4. The molecule has 0 aliphatic heterocycles. The van der Waals surface area contributed by atoms with Gasteiger partial charge in [-0.25, -0.2) is 9.59 Å². The van der Waals surface area contributed by atoms with Crippen molar-refractivity contribution in [1.82, 2.24) is 0 Å². The third-order valence-electron chi connectivity index (χ3n) is 1.87. The van der Waals surface area contributed by atoms with Gasteiger partial charge in [0.05, 0.1) is 0 Å². The van der Waals surface area contributed by atoms with E-state index in [9.17, 15) is 9.59 Å². The van der Waals surface area contributed by atoms with Crippen LogP contribution in [0.2, 0.25) is 0 Å². The minimum atomic E-state index is -1.67. The van der Waals surface area contributed by atoms with Crippen molar-refractivity contribution in [1.29, 1.82) is 0 Å². The van der Waals surface area contributed by atoms with Crippen molar-refractivity contribution in [3.8, 4) is 0 Å². The number of aliphatic carboxylic acids is 2. The highest BCUT2D eigenvalue weighted by atomic mass is 16.7. The third-order valence-corrected chi connectivity index (χ3v) is 1.87.